The van der Waals surface area contributed by atoms with Gasteiger partial charge >= 0.3 is 5.97 Å². The number of amides is 1. The van der Waals surface area contributed by atoms with Gasteiger partial charge in [0.15, 0.2) is 0 Å². The Labute approximate surface area is 204 Å². The number of H-pyrrole nitrogens is 1. The van der Waals surface area contributed by atoms with Crippen molar-refractivity contribution in [2.45, 2.75) is 26.3 Å². The number of aliphatic hydroxyl groups is 1. The molecule has 1 aromatic carbocycles. The molecule has 2 aliphatic heterocycles. The minimum Gasteiger partial charge on any atom is -0.507 e. The lowest BCUT2D eigenvalue weighted by atomic mass is 9.94. The molecule has 186 valence electrons. The third-order valence-corrected chi connectivity index (χ3v) is 6.70. The summed E-state index contributed by atoms with van der Waals surface area (Å²) in [5, 5.41) is 11.4. The van der Waals surface area contributed by atoms with Gasteiger partial charge in [0, 0.05) is 37.4 Å². The first-order chi connectivity index (χ1) is 16.8. The maximum absolute atomic E-state index is 13.3. The van der Waals surface area contributed by atoms with E-state index < -0.39 is 23.7 Å². The Morgan fingerprint density at radius 3 is 2.49 bits per heavy atom. The van der Waals surface area contributed by atoms with Gasteiger partial charge in [0.1, 0.15) is 11.5 Å². The summed E-state index contributed by atoms with van der Waals surface area (Å²) >= 11 is 0. The van der Waals surface area contributed by atoms with E-state index in [2.05, 4.69) is 9.88 Å². The summed E-state index contributed by atoms with van der Waals surface area (Å²) in [4.78, 5) is 45.3. The van der Waals surface area contributed by atoms with Crippen LogP contribution < -0.4 is 0 Å². The van der Waals surface area contributed by atoms with Crippen molar-refractivity contribution in [2.24, 2.45) is 0 Å². The van der Waals surface area contributed by atoms with Crippen molar-refractivity contribution >= 4 is 23.4 Å². The predicted molar refractivity (Wildman–Crippen MR) is 129 cm³/mol. The van der Waals surface area contributed by atoms with E-state index in [1.54, 1.807) is 18.7 Å². The minimum atomic E-state index is -0.734. The molecule has 3 heterocycles. The van der Waals surface area contributed by atoms with E-state index in [4.69, 9.17) is 9.47 Å². The summed E-state index contributed by atoms with van der Waals surface area (Å²) in [7, 11) is 1.27. The average Bonchev–Trinajstić information content (AvgIpc) is 3.31. The summed E-state index contributed by atoms with van der Waals surface area (Å²) in [6.07, 6.45) is 0.686. The van der Waals surface area contributed by atoms with Crippen molar-refractivity contribution in [3.8, 4) is 0 Å². The molecule has 2 N–H and O–H groups in total. The molecule has 2 saturated heterocycles. The van der Waals surface area contributed by atoms with Gasteiger partial charge in [-0.05, 0) is 31.4 Å². The molecule has 0 saturated carbocycles. The summed E-state index contributed by atoms with van der Waals surface area (Å²) in [5.74, 6) is -2.24. The zero-order chi connectivity index (χ0) is 25.1. The summed E-state index contributed by atoms with van der Waals surface area (Å²) in [6.45, 7) is 7.59. The number of aromatic nitrogens is 1. The molecule has 0 unspecified atom stereocenters. The van der Waals surface area contributed by atoms with Crippen molar-refractivity contribution in [1.29, 1.82) is 0 Å². The van der Waals surface area contributed by atoms with Gasteiger partial charge < -0.3 is 24.5 Å². The lowest BCUT2D eigenvalue weighted by Gasteiger charge is -2.29. The van der Waals surface area contributed by atoms with Crippen LogP contribution in [0, 0.1) is 13.8 Å². The smallest absolute Gasteiger partial charge is 0.354 e. The van der Waals surface area contributed by atoms with E-state index in [1.165, 1.54) is 7.11 Å². The highest BCUT2D eigenvalue weighted by molar-refractivity contribution is 6.46. The van der Waals surface area contributed by atoms with Crippen LogP contribution in [0.5, 0.6) is 0 Å². The third kappa shape index (κ3) is 4.74. The molecule has 0 bridgehead atoms. The lowest BCUT2D eigenvalue weighted by Crippen LogP contribution is -2.38. The monoisotopic (exact) mass is 481 g/mol. The molecule has 9 nitrogen and oxygen atoms in total. The number of methoxy groups -OCH3 is 1. The van der Waals surface area contributed by atoms with Crippen LogP contribution in [-0.2, 0) is 19.1 Å². The van der Waals surface area contributed by atoms with Gasteiger partial charge in [-0.1, -0.05) is 30.3 Å². The highest BCUT2D eigenvalue weighted by atomic mass is 16.5. The number of likely N-dealkylation sites (tertiary alicyclic amines) is 1. The number of ketones is 1. The highest BCUT2D eigenvalue weighted by Gasteiger charge is 2.46. The number of hydrogen-bond acceptors (Lipinski definition) is 7. The fourth-order valence-corrected chi connectivity index (χ4v) is 4.93. The number of aromatic amines is 1. The fourth-order valence-electron chi connectivity index (χ4n) is 4.93. The van der Waals surface area contributed by atoms with Gasteiger partial charge in [-0.3, -0.25) is 14.5 Å². The molecule has 0 spiro atoms. The number of aryl methyl sites for hydroxylation is 1. The van der Waals surface area contributed by atoms with Gasteiger partial charge in [-0.2, -0.15) is 0 Å². The van der Waals surface area contributed by atoms with E-state index in [0.717, 1.165) is 25.2 Å². The van der Waals surface area contributed by atoms with Crippen LogP contribution in [0.4, 0.5) is 0 Å². The molecular weight excluding hydrogens is 450 g/mol. The van der Waals surface area contributed by atoms with Crippen LogP contribution in [-0.4, -0.2) is 84.1 Å². The normalized spacial score (nSPS) is 20.4. The van der Waals surface area contributed by atoms with Gasteiger partial charge in [0.25, 0.3) is 11.7 Å². The Morgan fingerprint density at radius 2 is 1.83 bits per heavy atom. The zero-order valence-corrected chi connectivity index (χ0v) is 20.3. The standard InChI is InChI=1S/C26H31N3O6/c1-16-19(17(2)27-21(16)26(33)34-3)23(30)20-22(18-8-5-4-6-9-18)29(25(32)24(20)31)11-7-10-28-12-14-35-15-13-28/h4-6,8-9,22,27,30H,7,10-15H2,1-3H3/b23-20+/t22-/m1/s1. The number of carbonyl (C=O) groups excluding carboxylic acids is 3. The summed E-state index contributed by atoms with van der Waals surface area (Å²) in [5.41, 5.74) is 2.25. The second-order valence-corrected chi connectivity index (χ2v) is 8.83. The molecule has 1 atom stereocenters. The molecule has 1 aromatic heterocycles. The maximum Gasteiger partial charge on any atom is 0.354 e. The Hall–Kier alpha value is -3.43. The number of nitrogens with zero attached hydrogens (tertiary/aromatic N) is 2. The first-order valence-corrected chi connectivity index (χ1v) is 11.8. The number of carbonyl (C=O) groups is 3. The van der Waals surface area contributed by atoms with E-state index in [1.807, 2.05) is 30.3 Å². The molecule has 35 heavy (non-hydrogen) atoms. The first-order valence-electron chi connectivity index (χ1n) is 11.8. The largest absolute Gasteiger partial charge is 0.507 e. The van der Waals surface area contributed by atoms with Crippen molar-refractivity contribution < 1.29 is 29.0 Å². The van der Waals surface area contributed by atoms with Gasteiger partial charge in [-0.15, -0.1) is 0 Å². The second-order valence-electron chi connectivity index (χ2n) is 8.83. The number of esters is 1. The van der Waals surface area contributed by atoms with Crippen LogP contribution in [0.2, 0.25) is 0 Å². The quantitative estimate of drug-likeness (QED) is 0.271. The van der Waals surface area contributed by atoms with E-state index >= 15 is 0 Å². The van der Waals surface area contributed by atoms with Crippen molar-refractivity contribution in [2.75, 3.05) is 46.5 Å². The topological polar surface area (TPSA) is 112 Å². The number of ether oxygens (including phenoxy) is 2. The van der Waals surface area contributed by atoms with Gasteiger partial charge in [0.05, 0.1) is 31.9 Å². The van der Waals surface area contributed by atoms with Gasteiger partial charge in [-0.25, -0.2) is 4.79 Å². The highest BCUT2D eigenvalue weighted by Crippen LogP contribution is 2.40. The lowest BCUT2D eigenvalue weighted by molar-refractivity contribution is -0.140. The number of Topliss-reactive ketones (excluding diaryl/α,β-unsaturated/α-hetero) is 1. The Bertz CT molecular complexity index is 1150. The number of hydrogen-bond donors (Lipinski definition) is 2. The molecule has 0 radical (unpaired) electrons. The van der Waals surface area contributed by atoms with Crippen LogP contribution in [0.3, 0.4) is 0 Å². The van der Waals surface area contributed by atoms with Crippen LogP contribution in [0.25, 0.3) is 5.76 Å². The zero-order valence-electron chi connectivity index (χ0n) is 20.3. The first kappa shape index (κ1) is 24.7. The van der Waals surface area contributed by atoms with E-state index in [0.29, 0.717) is 43.0 Å². The Balaban J connectivity index is 1.72. The molecule has 1 amide bonds. The van der Waals surface area contributed by atoms with Crippen LogP contribution in [0.1, 0.15) is 45.3 Å². The summed E-state index contributed by atoms with van der Waals surface area (Å²) < 4.78 is 10.2. The average molecular weight is 482 g/mol. The van der Waals surface area contributed by atoms with E-state index in [-0.39, 0.29) is 17.0 Å². The maximum atomic E-state index is 13.3. The Morgan fingerprint density at radius 1 is 1.14 bits per heavy atom. The molecule has 2 aliphatic rings. The Kier molecular flexibility index (Phi) is 7.37. The SMILES string of the molecule is COC(=O)c1[nH]c(C)c(/C(O)=C2\C(=O)C(=O)N(CCCN3CCOCC3)[C@@H]2c2ccccc2)c1C. The predicted octanol–water partition coefficient (Wildman–Crippen LogP) is 2.56. The number of benzene rings is 1. The molecule has 0 aliphatic carbocycles. The second kappa shape index (κ2) is 10.5. The number of aliphatic hydroxyl groups excluding tert-OH is 1. The molecule has 2 fully saturated rings. The fraction of sp³-hybridized carbons (Fsp3) is 0.423. The minimum absolute atomic E-state index is 0.0224. The number of morpholine rings is 1. The molecule has 9 heteroatoms. The van der Waals surface area contributed by atoms with Crippen LogP contribution in [0.15, 0.2) is 35.9 Å². The molecule has 2 aromatic rings. The van der Waals surface area contributed by atoms with Crippen LogP contribution >= 0.6 is 0 Å². The number of rotatable bonds is 7. The molecule has 4 rings (SSSR count). The van der Waals surface area contributed by atoms with Crippen molar-refractivity contribution in [3.05, 3.63) is 64.0 Å². The number of nitrogens with one attached hydrogen (secondary N) is 1. The van der Waals surface area contributed by atoms with Crippen molar-refractivity contribution in [1.82, 2.24) is 14.8 Å². The third-order valence-electron chi connectivity index (χ3n) is 6.70. The summed E-state index contributed by atoms with van der Waals surface area (Å²) in [6, 6.07) is 8.50. The van der Waals surface area contributed by atoms with Crippen molar-refractivity contribution in [3.63, 3.8) is 0 Å². The van der Waals surface area contributed by atoms with Gasteiger partial charge in [0.2, 0.25) is 0 Å². The van der Waals surface area contributed by atoms with E-state index in [9.17, 15) is 19.5 Å². The molecular formula is C26H31N3O6.